The Kier molecular flexibility index (Phi) is 1.51. The van der Waals surface area contributed by atoms with Crippen molar-refractivity contribution >= 4 is 32.6 Å². The first-order valence-corrected chi connectivity index (χ1v) is 4.13. The molecule has 0 bridgehead atoms. The van der Waals surface area contributed by atoms with Crippen LogP contribution in [-0.2, 0) is 0 Å². The van der Waals surface area contributed by atoms with Gasteiger partial charge in [0.25, 0.3) is 0 Å². The molecule has 0 radical (unpaired) electrons. The van der Waals surface area contributed by atoms with Crippen LogP contribution in [0.1, 0.15) is 0 Å². The molecule has 2 aromatic rings. The Bertz CT molecular complexity index is 436. The number of hydrogen-bond donors (Lipinski definition) is 2. The molecule has 1 aromatic heterocycles. The van der Waals surface area contributed by atoms with Crippen molar-refractivity contribution < 1.29 is 9.52 Å². The highest BCUT2D eigenvalue weighted by atomic mass is 79.9. The molecule has 4 heteroatoms. The van der Waals surface area contributed by atoms with Crippen molar-refractivity contribution in [3.05, 3.63) is 22.9 Å². The molecule has 0 atom stereocenters. The quantitative estimate of drug-likeness (QED) is 0.681. The van der Waals surface area contributed by atoms with Gasteiger partial charge in [0.2, 0.25) is 0 Å². The Morgan fingerprint density at radius 1 is 1.42 bits per heavy atom. The van der Waals surface area contributed by atoms with Crippen LogP contribution >= 0.6 is 15.9 Å². The average molecular weight is 228 g/mol. The molecule has 62 valence electrons. The van der Waals surface area contributed by atoms with Gasteiger partial charge in [0.1, 0.15) is 11.8 Å². The fraction of sp³-hybridized carbons (Fsp3) is 0. The summed E-state index contributed by atoms with van der Waals surface area (Å²) in [6.45, 7) is 0. The Labute approximate surface area is 76.9 Å². The van der Waals surface area contributed by atoms with Gasteiger partial charge in [-0.2, -0.15) is 0 Å². The largest absolute Gasteiger partial charge is 0.504 e. The molecule has 2 rings (SSSR count). The van der Waals surface area contributed by atoms with Crippen LogP contribution in [0.15, 0.2) is 27.3 Å². The van der Waals surface area contributed by atoms with Gasteiger partial charge in [0.15, 0.2) is 5.75 Å². The fourth-order valence-corrected chi connectivity index (χ4v) is 1.45. The minimum atomic E-state index is 0.0730. The van der Waals surface area contributed by atoms with Gasteiger partial charge in [-0.1, -0.05) is 0 Å². The molecule has 3 nitrogen and oxygen atoms in total. The van der Waals surface area contributed by atoms with Crippen LogP contribution in [0.3, 0.4) is 0 Å². The molecule has 0 amide bonds. The summed E-state index contributed by atoms with van der Waals surface area (Å²) in [5.74, 6) is 0.0730. The lowest BCUT2D eigenvalue weighted by atomic mass is 10.2. The van der Waals surface area contributed by atoms with Crippen LogP contribution < -0.4 is 5.73 Å². The number of anilines is 1. The van der Waals surface area contributed by atoms with Gasteiger partial charge in [-0.25, -0.2) is 0 Å². The zero-order valence-electron chi connectivity index (χ0n) is 6.04. The van der Waals surface area contributed by atoms with Crippen LogP contribution in [0, 0.1) is 0 Å². The summed E-state index contributed by atoms with van der Waals surface area (Å²) in [6, 6.07) is 3.52. The summed E-state index contributed by atoms with van der Waals surface area (Å²) < 4.78 is 5.79. The lowest BCUT2D eigenvalue weighted by Crippen LogP contribution is -1.86. The average Bonchev–Trinajstić information content (AvgIpc) is 2.41. The van der Waals surface area contributed by atoms with E-state index in [9.17, 15) is 5.11 Å². The number of furan rings is 1. The number of hydrogen-bond acceptors (Lipinski definition) is 3. The molecular weight excluding hydrogens is 222 g/mol. The number of benzene rings is 1. The van der Waals surface area contributed by atoms with E-state index < -0.39 is 0 Å². The SMILES string of the molecule is Nc1c(Br)ccc2occ(O)c12. The van der Waals surface area contributed by atoms with Crippen molar-refractivity contribution in [3.63, 3.8) is 0 Å². The van der Waals surface area contributed by atoms with Crippen molar-refractivity contribution in [3.8, 4) is 5.75 Å². The summed E-state index contributed by atoms with van der Waals surface area (Å²) in [5, 5.41) is 9.88. The molecule has 0 saturated heterocycles. The van der Waals surface area contributed by atoms with E-state index in [0.29, 0.717) is 16.7 Å². The monoisotopic (exact) mass is 227 g/mol. The zero-order valence-corrected chi connectivity index (χ0v) is 7.63. The lowest BCUT2D eigenvalue weighted by molar-refractivity contribution is 0.464. The first-order valence-electron chi connectivity index (χ1n) is 3.34. The maximum atomic E-state index is 9.32. The fourth-order valence-electron chi connectivity index (χ4n) is 1.11. The Balaban J connectivity index is 2.96. The first kappa shape index (κ1) is 7.49. The molecule has 0 aliphatic carbocycles. The summed E-state index contributed by atoms with van der Waals surface area (Å²) in [4.78, 5) is 0. The third-order valence-corrected chi connectivity index (χ3v) is 2.40. The van der Waals surface area contributed by atoms with Gasteiger partial charge >= 0.3 is 0 Å². The van der Waals surface area contributed by atoms with E-state index in [2.05, 4.69) is 15.9 Å². The molecule has 0 aliphatic heterocycles. The Morgan fingerprint density at radius 3 is 2.92 bits per heavy atom. The van der Waals surface area contributed by atoms with Crippen molar-refractivity contribution in [2.45, 2.75) is 0 Å². The molecule has 1 heterocycles. The van der Waals surface area contributed by atoms with Crippen molar-refractivity contribution in [1.29, 1.82) is 0 Å². The Hall–Kier alpha value is -1.16. The lowest BCUT2D eigenvalue weighted by Gasteiger charge is -1.98. The molecule has 1 aromatic carbocycles. The highest BCUT2D eigenvalue weighted by Gasteiger charge is 2.09. The molecule has 0 spiro atoms. The van der Waals surface area contributed by atoms with E-state index in [0.717, 1.165) is 4.47 Å². The predicted octanol–water partition coefficient (Wildman–Crippen LogP) is 2.48. The standard InChI is InChI=1S/C8H6BrNO2/c9-4-1-2-6-7(8(4)10)5(11)3-12-6/h1-3,11H,10H2. The van der Waals surface area contributed by atoms with Gasteiger partial charge in [0.05, 0.1) is 11.1 Å². The van der Waals surface area contributed by atoms with Gasteiger partial charge < -0.3 is 15.3 Å². The maximum Gasteiger partial charge on any atom is 0.163 e. The van der Waals surface area contributed by atoms with Crippen LogP contribution in [0.2, 0.25) is 0 Å². The van der Waals surface area contributed by atoms with E-state index in [1.54, 1.807) is 12.1 Å². The second-order valence-corrected chi connectivity index (χ2v) is 3.31. The molecule has 12 heavy (non-hydrogen) atoms. The van der Waals surface area contributed by atoms with Gasteiger partial charge in [0, 0.05) is 4.47 Å². The summed E-state index contributed by atoms with van der Waals surface area (Å²) >= 11 is 3.26. The molecule has 3 N–H and O–H groups in total. The minimum absolute atomic E-state index is 0.0730. The highest BCUT2D eigenvalue weighted by Crippen LogP contribution is 2.35. The first-order chi connectivity index (χ1) is 5.70. The van der Waals surface area contributed by atoms with E-state index in [1.807, 2.05) is 0 Å². The second kappa shape index (κ2) is 2.42. The number of rotatable bonds is 0. The van der Waals surface area contributed by atoms with Crippen LogP contribution in [-0.4, -0.2) is 5.11 Å². The number of halogens is 1. The highest BCUT2D eigenvalue weighted by molar-refractivity contribution is 9.10. The number of nitrogen functional groups attached to an aromatic ring is 1. The number of nitrogens with two attached hydrogens (primary N) is 1. The zero-order chi connectivity index (χ0) is 8.72. The molecule has 0 aliphatic rings. The van der Waals surface area contributed by atoms with Gasteiger partial charge in [-0.05, 0) is 28.1 Å². The molecule has 0 unspecified atom stereocenters. The summed E-state index contributed by atoms with van der Waals surface area (Å²) in [5.41, 5.74) is 6.79. The van der Waals surface area contributed by atoms with Crippen LogP contribution in [0.4, 0.5) is 5.69 Å². The summed E-state index contributed by atoms with van der Waals surface area (Å²) in [7, 11) is 0. The Morgan fingerprint density at radius 2 is 2.17 bits per heavy atom. The topological polar surface area (TPSA) is 59.4 Å². The van der Waals surface area contributed by atoms with Crippen LogP contribution in [0.25, 0.3) is 11.0 Å². The summed E-state index contributed by atoms with van der Waals surface area (Å²) in [6.07, 6.45) is 1.27. The third kappa shape index (κ3) is 0.881. The van der Waals surface area contributed by atoms with E-state index in [1.165, 1.54) is 6.26 Å². The van der Waals surface area contributed by atoms with Crippen LogP contribution in [0.5, 0.6) is 5.75 Å². The van der Waals surface area contributed by atoms with E-state index in [-0.39, 0.29) is 5.75 Å². The van der Waals surface area contributed by atoms with Gasteiger partial charge in [-0.3, -0.25) is 0 Å². The molecule has 0 saturated carbocycles. The predicted molar refractivity (Wildman–Crippen MR) is 50.0 cm³/mol. The molecule has 0 fully saturated rings. The second-order valence-electron chi connectivity index (χ2n) is 2.46. The normalized spacial score (nSPS) is 10.8. The van der Waals surface area contributed by atoms with Crippen molar-refractivity contribution in [2.24, 2.45) is 0 Å². The van der Waals surface area contributed by atoms with Crippen molar-refractivity contribution in [1.82, 2.24) is 0 Å². The molecular formula is C8H6BrNO2. The smallest absolute Gasteiger partial charge is 0.163 e. The number of aromatic hydroxyl groups is 1. The van der Waals surface area contributed by atoms with E-state index in [4.69, 9.17) is 10.2 Å². The van der Waals surface area contributed by atoms with Gasteiger partial charge in [-0.15, -0.1) is 0 Å². The maximum absolute atomic E-state index is 9.32. The number of fused-ring (bicyclic) bond motifs is 1. The third-order valence-electron chi connectivity index (χ3n) is 1.71. The van der Waals surface area contributed by atoms with E-state index >= 15 is 0 Å². The minimum Gasteiger partial charge on any atom is -0.504 e. The van der Waals surface area contributed by atoms with Crippen molar-refractivity contribution in [2.75, 3.05) is 5.73 Å².